The van der Waals surface area contributed by atoms with Crippen LogP contribution in [0, 0.1) is 12.7 Å². The van der Waals surface area contributed by atoms with E-state index < -0.39 is 0 Å². The highest BCUT2D eigenvalue weighted by atomic mass is 19.1. The SMILES string of the molecule is Cc1ccc(C(=O)N2CC[C@@]3(C2)CN(c2cccc(F)c2)C(=O)CN3C)o1. The van der Waals surface area contributed by atoms with E-state index in [-0.39, 0.29) is 29.7 Å². The standard InChI is InChI=1S/C20H22FN3O3/c1-14-6-7-17(27-14)19(26)23-9-8-20(12-23)13-24(18(25)11-22(20)2)16-5-3-4-15(21)10-16/h3-7,10H,8-9,11-13H2,1-2H3/t20-/m1/s1. The highest BCUT2D eigenvalue weighted by Crippen LogP contribution is 2.34. The Morgan fingerprint density at radius 3 is 2.74 bits per heavy atom. The van der Waals surface area contributed by atoms with Crippen LogP contribution in [0.1, 0.15) is 22.7 Å². The number of furan rings is 1. The monoisotopic (exact) mass is 371 g/mol. The maximum absolute atomic E-state index is 13.6. The summed E-state index contributed by atoms with van der Waals surface area (Å²) in [4.78, 5) is 30.7. The summed E-state index contributed by atoms with van der Waals surface area (Å²) >= 11 is 0. The zero-order valence-electron chi connectivity index (χ0n) is 15.4. The van der Waals surface area contributed by atoms with Crippen molar-refractivity contribution in [3.63, 3.8) is 0 Å². The lowest BCUT2D eigenvalue weighted by Crippen LogP contribution is -2.64. The van der Waals surface area contributed by atoms with E-state index in [9.17, 15) is 14.0 Å². The molecule has 0 radical (unpaired) electrons. The van der Waals surface area contributed by atoms with Crippen molar-refractivity contribution in [2.75, 3.05) is 38.1 Å². The van der Waals surface area contributed by atoms with Crippen molar-refractivity contribution in [1.82, 2.24) is 9.80 Å². The summed E-state index contributed by atoms with van der Waals surface area (Å²) in [5, 5.41) is 0. The Morgan fingerprint density at radius 2 is 2.04 bits per heavy atom. The van der Waals surface area contributed by atoms with Crippen LogP contribution in [0.5, 0.6) is 0 Å². The van der Waals surface area contributed by atoms with E-state index in [1.807, 2.05) is 11.9 Å². The number of hydrogen-bond donors (Lipinski definition) is 0. The second-order valence-corrected chi connectivity index (χ2v) is 7.43. The molecule has 1 aromatic heterocycles. The molecule has 2 aliphatic rings. The van der Waals surface area contributed by atoms with Gasteiger partial charge in [0.15, 0.2) is 5.76 Å². The molecule has 1 spiro atoms. The summed E-state index contributed by atoms with van der Waals surface area (Å²) in [6.07, 6.45) is 0.744. The van der Waals surface area contributed by atoms with Gasteiger partial charge in [0.1, 0.15) is 11.6 Å². The highest BCUT2D eigenvalue weighted by molar-refractivity contribution is 5.96. The third-order valence-corrected chi connectivity index (χ3v) is 5.63. The van der Waals surface area contributed by atoms with Crippen molar-refractivity contribution in [1.29, 1.82) is 0 Å². The van der Waals surface area contributed by atoms with E-state index in [4.69, 9.17) is 4.42 Å². The zero-order chi connectivity index (χ0) is 19.2. The van der Waals surface area contributed by atoms with Crippen LogP contribution in [0.15, 0.2) is 40.8 Å². The number of hydrogen-bond acceptors (Lipinski definition) is 4. The number of carbonyl (C=O) groups is 2. The second-order valence-electron chi connectivity index (χ2n) is 7.43. The fraction of sp³-hybridized carbons (Fsp3) is 0.400. The molecule has 27 heavy (non-hydrogen) atoms. The third-order valence-electron chi connectivity index (χ3n) is 5.63. The molecular weight excluding hydrogens is 349 g/mol. The normalized spacial score (nSPS) is 23.4. The molecule has 0 unspecified atom stereocenters. The number of piperazine rings is 1. The average Bonchev–Trinajstić information content (AvgIpc) is 3.25. The maximum Gasteiger partial charge on any atom is 0.289 e. The molecule has 2 amide bonds. The van der Waals surface area contributed by atoms with Crippen LogP contribution in [-0.4, -0.2) is 60.4 Å². The van der Waals surface area contributed by atoms with Crippen molar-refractivity contribution in [2.24, 2.45) is 0 Å². The second kappa shape index (κ2) is 6.49. The van der Waals surface area contributed by atoms with E-state index >= 15 is 0 Å². The average molecular weight is 371 g/mol. The van der Waals surface area contributed by atoms with Gasteiger partial charge in [-0.1, -0.05) is 6.07 Å². The van der Waals surface area contributed by atoms with E-state index in [0.717, 1.165) is 6.42 Å². The fourth-order valence-corrected chi connectivity index (χ4v) is 4.01. The Morgan fingerprint density at radius 1 is 1.22 bits per heavy atom. The minimum absolute atomic E-state index is 0.0693. The Kier molecular flexibility index (Phi) is 4.26. The number of halogens is 1. The van der Waals surface area contributed by atoms with Crippen LogP contribution >= 0.6 is 0 Å². The van der Waals surface area contributed by atoms with Crippen LogP contribution in [-0.2, 0) is 4.79 Å². The van der Waals surface area contributed by atoms with Gasteiger partial charge in [0, 0.05) is 25.3 Å². The molecule has 6 nitrogen and oxygen atoms in total. The van der Waals surface area contributed by atoms with Crippen LogP contribution in [0.2, 0.25) is 0 Å². The van der Waals surface area contributed by atoms with E-state index in [1.54, 1.807) is 41.0 Å². The molecule has 142 valence electrons. The lowest BCUT2D eigenvalue weighted by Gasteiger charge is -2.46. The number of aryl methyl sites for hydroxylation is 1. The molecule has 2 aliphatic heterocycles. The number of likely N-dealkylation sites (tertiary alicyclic amines) is 1. The Bertz CT molecular complexity index is 896. The van der Waals surface area contributed by atoms with Crippen molar-refractivity contribution < 1.29 is 18.4 Å². The maximum atomic E-state index is 13.6. The Labute approximate surface area is 157 Å². The number of anilines is 1. The van der Waals surface area contributed by atoms with Gasteiger partial charge in [-0.15, -0.1) is 0 Å². The number of rotatable bonds is 2. The van der Waals surface area contributed by atoms with Crippen molar-refractivity contribution in [3.8, 4) is 0 Å². The number of amides is 2. The summed E-state index contributed by atoms with van der Waals surface area (Å²) in [7, 11) is 1.91. The molecule has 2 aromatic rings. The fourth-order valence-electron chi connectivity index (χ4n) is 4.01. The number of likely N-dealkylation sites (N-methyl/N-ethyl adjacent to an activating group) is 1. The molecule has 1 atom stereocenters. The summed E-state index contributed by atoms with van der Waals surface area (Å²) in [5.74, 6) is 0.457. The van der Waals surface area contributed by atoms with Gasteiger partial charge < -0.3 is 14.2 Å². The van der Waals surface area contributed by atoms with Gasteiger partial charge >= 0.3 is 0 Å². The van der Waals surface area contributed by atoms with Crippen LogP contribution in [0.3, 0.4) is 0 Å². The molecule has 1 aromatic carbocycles. The quantitative estimate of drug-likeness (QED) is 0.813. The van der Waals surface area contributed by atoms with Gasteiger partial charge in [-0.05, 0) is 50.7 Å². The zero-order valence-corrected chi connectivity index (χ0v) is 15.4. The molecule has 0 aliphatic carbocycles. The molecule has 4 rings (SSSR count). The summed E-state index contributed by atoms with van der Waals surface area (Å²) < 4.78 is 19.1. The lowest BCUT2D eigenvalue weighted by atomic mass is 9.92. The molecule has 0 saturated carbocycles. The number of nitrogens with zero attached hydrogens (tertiary/aromatic N) is 3. The molecule has 7 heteroatoms. The van der Waals surface area contributed by atoms with Gasteiger partial charge in [0.2, 0.25) is 5.91 Å². The predicted octanol–water partition coefficient (Wildman–Crippen LogP) is 2.29. The summed E-state index contributed by atoms with van der Waals surface area (Å²) in [6.45, 7) is 3.56. The van der Waals surface area contributed by atoms with Gasteiger partial charge in [-0.25, -0.2) is 4.39 Å². The topological polar surface area (TPSA) is 57.0 Å². The summed E-state index contributed by atoms with van der Waals surface area (Å²) in [5.41, 5.74) is 0.205. The van der Waals surface area contributed by atoms with Crippen LogP contribution < -0.4 is 4.90 Å². The first kappa shape index (κ1) is 17.7. The lowest BCUT2D eigenvalue weighted by molar-refractivity contribution is -0.123. The minimum atomic E-state index is -0.371. The molecular formula is C20H22FN3O3. The number of benzene rings is 1. The Hall–Kier alpha value is -2.67. The first-order chi connectivity index (χ1) is 12.9. The molecule has 3 heterocycles. The first-order valence-electron chi connectivity index (χ1n) is 9.01. The molecule has 0 N–H and O–H groups in total. The van der Waals surface area contributed by atoms with Crippen LogP contribution in [0.25, 0.3) is 0 Å². The van der Waals surface area contributed by atoms with E-state index in [1.165, 1.54) is 12.1 Å². The van der Waals surface area contributed by atoms with E-state index in [0.29, 0.717) is 36.8 Å². The van der Waals surface area contributed by atoms with Gasteiger partial charge in [-0.2, -0.15) is 0 Å². The van der Waals surface area contributed by atoms with Crippen molar-refractivity contribution >= 4 is 17.5 Å². The van der Waals surface area contributed by atoms with Crippen LogP contribution in [0.4, 0.5) is 10.1 Å². The van der Waals surface area contributed by atoms with Crippen molar-refractivity contribution in [3.05, 3.63) is 53.7 Å². The van der Waals surface area contributed by atoms with Crippen molar-refractivity contribution in [2.45, 2.75) is 18.9 Å². The smallest absolute Gasteiger partial charge is 0.289 e. The van der Waals surface area contributed by atoms with Gasteiger partial charge in [0.05, 0.1) is 12.1 Å². The molecule has 2 fully saturated rings. The van der Waals surface area contributed by atoms with Gasteiger partial charge in [0.25, 0.3) is 5.91 Å². The minimum Gasteiger partial charge on any atom is -0.456 e. The first-order valence-corrected chi connectivity index (χ1v) is 9.01. The summed E-state index contributed by atoms with van der Waals surface area (Å²) in [6, 6.07) is 9.55. The predicted molar refractivity (Wildman–Crippen MR) is 98.1 cm³/mol. The Balaban J connectivity index is 1.57. The molecule has 2 saturated heterocycles. The molecule has 0 bridgehead atoms. The number of carbonyl (C=O) groups excluding carboxylic acids is 2. The largest absolute Gasteiger partial charge is 0.456 e. The highest BCUT2D eigenvalue weighted by Gasteiger charge is 2.49. The third kappa shape index (κ3) is 3.12. The van der Waals surface area contributed by atoms with E-state index in [2.05, 4.69) is 0 Å². The van der Waals surface area contributed by atoms with Gasteiger partial charge in [-0.3, -0.25) is 14.5 Å².